The van der Waals surface area contributed by atoms with Gasteiger partial charge in [-0.05, 0) is 133 Å². The molecule has 3 aromatic carbocycles. The maximum atomic E-state index is 13.4. The molecule has 4 N–H and O–H groups in total. The van der Waals surface area contributed by atoms with Crippen molar-refractivity contribution in [2.45, 2.75) is 94.6 Å². The number of halogens is 1. The fourth-order valence-corrected chi connectivity index (χ4v) is 10.2. The van der Waals surface area contributed by atoms with Gasteiger partial charge in [0.25, 0.3) is 5.91 Å². The summed E-state index contributed by atoms with van der Waals surface area (Å²) < 4.78 is 32.5. The highest BCUT2D eigenvalue weighted by molar-refractivity contribution is 7.92. The Morgan fingerprint density at radius 2 is 1.62 bits per heavy atom. The van der Waals surface area contributed by atoms with Gasteiger partial charge in [0, 0.05) is 49.9 Å². The van der Waals surface area contributed by atoms with Gasteiger partial charge in [0.2, 0.25) is 23.7 Å². The van der Waals surface area contributed by atoms with E-state index in [-0.39, 0.29) is 64.3 Å². The fourth-order valence-electron chi connectivity index (χ4n) is 8.87. The molecule has 0 aliphatic carbocycles. The number of carbonyl (C=O) groups is 4. The Balaban J connectivity index is 0.826. The van der Waals surface area contributed by atoms with Gasteiger partial charge in [-0.2, -0.15) is 4.98 Å². The second-order valence-electron chi connectivity index (χ2n) is 17.9. The van der Waals surface area contributed by atoms with Crippen molar-refractivity contribution in [2.75, 3.05) is 54.8 Å². The zero-order chi connectivity index (χ0) is 46.2. The maximum Gasteiger partial charge on any atom is 0.251 e. The number of nitrogens with zero attached hydrogens (tertiary/aromatic N) is 5. The summed E-state index contributed by atoms with van der Waals surface area (Å²) in [6.45, 7) is 13.9. The van der Waals surface area contributed by atoms with Crippen molar-refractivity contribution in [2.24, 2.45) is 5.92 Å². The van der Waals surface area contributed by atoms with Gasteiger partial charge < -0.3 is 30.5 Å². The van der Waals surface area contributed by atoms with E-state index in [1.54, 1.807) is 50.2 Å². The summed E-state index contributed by atoms with van der Waals surface area (Å²) in [7, 11) is -3.58. The first-order chi connectivity index (χ1) is 31.0. The van der Waals surface area contributed by atoms with Crippen LogP contribution >= 0.6 is 11.6 Å². The van der Waals surface area contributed by atoms with Gasteiger partial charge in [-0.1, -0.05) is 23.7 Å². The average molecular weight is 927 g/mol. The smallest absolute Gasteiger partial charge is 0.251 e. The molecule has 4 amide bonds. The number of aryl methyl sites for hydroxylation is 1. The molecule has 344 valence electrons. The van der Waals surface area contributed by atoms with E-state index in [4.69, 9.17) is 16.3 Å². The van der Waals surface area contributed by atoms with Gasteiger partial charge in [0.1, 0.15) is 16.8 Å². The molecule has 16 nitrogen and oxygen atoms in total. The average Bonchev–Trinajstić information content (AvgIpc) is 3.23. The molecule has 1 aromatic heterocycles. The number of hydrogen-bond donors (Lipinski definition) is 4. The number of rotatable bonds is 14. The summed E-state index contributed by atoms with van der Waals surface area (Å²) in [6.07, 6.45) is 3.81. The van der Waals surface area contributed by atoms with Crippen molar-refractivity contribution in [3.63, 3.8) is 0 Å². The van der Waals surface area contributed by atoms with Crippen molar-refractivity contribution < 1.29 is 32.3 Å². The van der Waals surface area contributed by atoms with Crippen LogP contribution in [0.1, 0.15) is 80.8 Å². The lowest BCUT2D eigenvalue weighted by Gasteiger charge is -2.50. The highest BCUT2D eigenvalue weighted by Gasteiger charge is 2.42. The van der Waals surface area contributed by atoms with Crippen LogP contribution in [0, 0.1) is 12.8 Å². The number of sulfone groups is 1. The molecule has 1 unspecified atom stereocenters. The van der Waals surface area contributed by atoms with Crippen LogP contribution in [-0.4, -0.2) is 115 Å². The van der Waals surface area contributed by atoms with Crippen molar-refractivity contribution >= 4 is 73.9 Å². The van der Waals surface area contributed by atoms with Crippen molar-refractivity contribution in [1.29, 1.82) is 0 Å². The first kappa shape index (κ1) is 45.8. The molecular weight excluding hydrogens is 870 g/mol. The summed E-state index contributed by atoms with van der Waals surface area (Å²) in [6, 6.07) is 17.6. The third-order valence-electron chi connectivity index (χ3n) is 12.7. The number of ether oxygens (including phenoxy) is 1. The second-order valence-corrected chi connectivity index (χ2v) is 20.8. The van der Waals surface area contributed by atoms with Gasteiger partial charge in [0.05, 0.1) is 39.7 Å². The number of imide groups is 1. The summed E-state index contributed by atoms with van der Waals surface area (Å²) >= 11 is 6.52. The van der Waals surface area contributed by atoms with Crippen LogP contribution in [0.15, 0.2) is 71.8 Å². The van der Waals surface area contributed by atoms with E-state index in [9.17, 15) is 27.6 Å². The van der Waals surface area contributed by atoms with Gasteiger partial charge in [-0.15, -0.1) is 0 Å². The minimum Gasteiger partial charge on any atom is -0.489 e. The molecule has 4 fully saturated rings. The SMILES string of the molecule is Cc1cc(Nc2ncc(Cl)c(Nc3ccccc3S(=O)(=O)C(C)C)n2)c(OC(C)C)cc1C1CCN(C2CN(C(=O)C3CN(c4ccc(C(=O)NC5CCC(=O)NC5=O)cc4)C3)C2)CC1. The molecule has 4 aliphatic heterocycles. The lowest BCUT2D eigenvalue weighted by molar-refractivity contribution is -0.144. The number of piperidine rings is 2. The Hall–Kier alpha value is -5.78. The van der Waals surface area contributed by atoms with Gasteiger partial charge in [-0.25, -0.2) is 13.4 Å². The highest BCUT2D eigenvalue weighted by atomic mass is 35.5. The number of hydrogen-bond acceptors (Lipinski definition) is 13. The Bertz CT molecular complexity index is 2570. The first-order valence-corrected chi connectivity index (χ1v) is 24.2. The zero-order valence-electron chi connectivity index (χ0n) is 37.3. The lowest BCUT2D eigenvalue weighted by Crippen LogP contribution is -2.65. The lowest BCUT2D eigenvalue weighted by atomic mass is 9.85. The maximum absolute atomic E-state index is 13.4. The summed E-state index contributed by atoms with van der Waals surface area (Å²) in [5, 5.41) is 11.0. The number of likely N-dealkylation sites (tertiary alicyclic amines) is 2. The molecule has 0 bridgehead atoms. The van der Waals surface area contributed by atoms with Crippen LogP contribution in [0.25, 0.3) is 0 Å². The largest absolute Gasteiger partial charge is 0.489 e. The van der Waals surface area contributed by atoms with E-state index < -0.39 is 27.0 Å². The van der Waals surface area contributed by atoms with Crippen LogP contribution < -0.4 is 30.9 Å². The molecule has 18 heteroatoms. The van der Waals surface area contributed by atoms with E-state index in [0.29, 0.717) is 47.7 Å². The van der Waals surface area contributed by atoms with Crippen LogP contribution in [0.2, 0.25) is 5.02 Å². The van der Waals surface area contributed by atoms with Gasteiger partial charge >= 0.3 is 0 Å². The molecule has 0 radical (unpaired) electrons. The minimum absolute atomic E-state index is 0.0666. The van der Waals surface area contributed by atoms with Crippen LogP contribution in [0.3, 0.4) is 0 Å². The van der Waals surface area contributed by atoms with Crippen molar-refractivity contribution in [1.82, 2.24) is 30.4 Å². The van der Waals surface area contributed by atoms with Gasteiger partial charge in [-0.3, -0.25) is 29.4 Å². The Labute approximate surface area is 384 Å². The molecule has 8 rings (SSSR count). The predicted molar refractivity (Wildman–Crippen MR) is 249 cm³/mol. The number of benzene rings is 3. The molecule has 0 spiro atoms. The second kappa shape index (κ2) is 19.0. The number of aromatic nitrogens is 2. The molecule has 65 heavy (non-hydrogen) atoms. The highest BCUT2D eigenvalue weighted by Crippen LogP contribution is 2.40. The Kier molecular flexibility index (Phi) is 13.4. The number of nitrogens with one attached hydrogen (secondary N) is 4. The van der Waals surface area contributed by atoms with E-state index in [1.807, 2.05) is 30.9 Å². The standard InChI is InChI=1S/C47H56ClN9O7S/c1-27(2)64-40-21-35(29(5)20-39(40)52-47-49-22-36(48)43(54-47)50-37-8-6-7-9-41(37)65(62,63)28(3)4)30-16-18-55(19-17-30)34-25-57(26-34)46(61)32-23-56(24-32)33-12-10-31(11-13-33)44(59)51-38-14-15-42(58)53-45(38)60/h6-13,20-22,27-28,30,32,34,38H,14-19,23-26H2,1-5H3,(H,51,59)(H,53,58,60)(H2,49,50,52,54). The monoisotopic (exact) mass is 925 g/mol. The normalized spacial score (nSPS) is 18.9. The van der Waals surface area contributed by atoms with Crippen molar-refractivity contribution in [3.8, 4) is 5.75 Å². The van der Waals surface area contributed by atoms with Crippen LogP contribution in [0.4, 0.5) is 28.8 Å². The molecule has 0 saturated carbocycles. The summed E-state index contributed by atoms with van der Waals surface area (Å²) in [5.41, 5.74) is 4.77. The fraction of sp³-hybridized carbons (Fsp3) is 0.447. The molecule has 5 heterocycles. The van der Waals surface area contributed by atoms with E-state index >= 15 is 0 Å². The Morgan fingerprint density at radius 1 is 0.908 bits per heavy atom. The Morgan fingerprint density at radius 3 is 2.29 bits per heavy atom. The minimum atomic E-state index is -3.58. The summed E-state index contributed by atoms with van der Waals surface area (Å²) in [4.78, 5) is 65.4. The third kappa shape index (κ3) is 10.1. The molecule has 4 aliphatic rings. The van der Waals surface area contributed by atoms with E-state index in [1.165, 1.54) is 11.8 Å². The predicted octanol–water partition coefficient (Wildman–Crippen LogP) is 5.96. The number of anilines is 5. The zero-order valence-corrected chi connectivity index (χ0v) is 38.8. The third-order valence-corrected chi connectivity index (χ3v) is 15.2. The molecule has 4 aromatic rings. The molecular formula is C47H56ClN9O7S. The topological polar surface area (TPSA) is 195 Å². The van der Waals surface area contributed by atoms with Crippen LogP contribution in [-0.2, 0) is 24.2 Å². The quantitative estimate of drug-likeness (QED) is 0.108. The first-order valence-electron chi connectivity index (χ1n) is 22.3. The van der Waals surface area contributed by atoms with Crippen LogP contribution in [0.5, 0.6) is 5.75 Å². The summed E-state index contributed by atoms with van der Waals surface area (Å²) in [5.74, 6) is 0.473. The molecule has 4 saturated heterocycles. The number of carbonyl (C=O) groups excluding carboxylic acids is 4. The van der Waals surface area contributed by atoms with Crippen molar-refractivity contribution in [3.05, 3.63) is 88.6 Å². The van der Waals surface area contributed by atoms with E-state index in [0.717, 1.165) is 50.3 Å². The number of para-hydroxylation sites is 1. The number of amides is 4. The van der Waals surface area contributed by atoms with E-state index in [2.05, 4.69) is 60.1 Å². The van der Waals surface area contributed by atoms with Gasteiger partial charge in [0.15, 0.2) is 15.7 Å². The molecule has 1 atom stereocenters.